The number of anilines is 2. The van der Waals surface area contributed by atoms with Crippen molar-refractivity contribution >= 4 is 44.8 Å². The molecule has 104 valence electrons. The molecule has 0 saturated heterocycles. The van der Waals surface area contributed by atoms with Gasteiger partial charge in [-0.25, -0.2) is 0 Å². The lowest BCUT2D eigenvalue weighted by Gasteiger charge is -2.23. The lowest BCUT2D eigenvalue weighted by molar-refractivity contribution is 0.0987. The van der Waals surface area contributed by atoms with Gasteiger partial charge in [0.25, 0.3) is 5.91 Å². The molecular weight excluding hydrogens is 340 g/mol. The second-order valence-electron chi connectivity index (χ2n) is 4.23. The van der Waals surface area contributed by atoms with Gasteiger partial charge in [-0.2, -0.15) is 0 Å². The van der Waals surface area contributed by atoms with Crippen LogP contribution in [0.25, 0.3) is 0 Å². The van der Waals surface area contributed by atoms with Crippen molar-refractivity contribution in [1.29, 1.82) is 0 Å². The van der Waals surface area contributed by atoms with Crippen LogP contribution in [0.15, 0.2) is 46.9 Å². The third-order valence-electron chi connectivity index (χ3n) is 2.95. The molecule has 0 saturated carbocycles. The molecule has 0 heterocycles. The number of amides is 1. The van der Waals surface area contributed by atoms with Gasteiger partial charge in [0.1, 0.15) is 0 Å². The maximum Gasteiger partial charge on any atom is 0.259 e. The van der Waals surface area contributed by atoms with Crippen LogP contribution in [0.2, 0.25) is 5.02 Å². The monoisotopic (exact) mass is 352 g/mol. The Morgan fingerprint density at radius 3 is 2.60 bits per heavy atom. The molecule has 2 aromatic carbocycles. The summed E-state index contributed by atoms with van der Waals surface area (Å²) in [6, 6.07) is 12.4. The number of nitrogens with zero attached hydrogens (tertiary/aromatic N) is 1. The average Bonchev–Trinajstić information content (AvgIpc) is 2.41. The third kappa shape index (κ3) is 2.97. The van der Waals surface area contributed by atoms with E-state index in [1.165, 1.54) is 0 Å². The summed E-state index contributed by atoms with van der Waals surface area (Å²) in [5.41, 5.74) is 7.79. The van der Waals surface area contributed by atoms with E-state index in [1.807, 2.05) is 25.1 Å². The highest BCUT2D eigenvalue weighted by atomic mass is 79.9. The van der Waals surface area contributed by atoms with E-state index in [0.29, 0.717) is 33.0 Å². The van der Waals surface area contributed by atoms with Crippen molar-refractivity contribution in [3.8, 4) is 0 Å². The molecule has 0 aliphatic carbocycles. The number of nitrogens with two attached hydrogens (primary N) is 1. The van der Waals surface area contributed by atoms with Crippen LogP contribution < -0.4 is 10.6 Å². The molecule has 0 unspecified atom stereocenters. The van der Waals surface area contributed by atoms with Crippen LogP contribution >= 0.6 is 27.5 Å². The first-order chi connectivity index (χ1) is 9.54. The predicted octanol–water partition coefficient (Wildman–Crippen LogP) is 4.35. The van der Waals surface area contributed by atoms with Gasteiger partial charge >= 0.3 is 0 Å². The molecule has 0 fully saturated rings. The molecule has 0 aliphatic rings. The largest absolute Gasteiger partial charge is 0.397 e. The van der Waals surface area contributed by atoms with Crippen LogP contribution in [0, 0.1) is 0 Å². The molecule has 20 heavy (non-hydrogen) atoms. The van der Waals surface area contributed by atoms with Crippen molar-refractivity contribution in [3.63, 3.8) is 0 Å². The maximum atomic E-state index is 12.7. The fourth-order valence-electron chi connectivity index (χ4n) is 1.97. The highest BCUT2D eigenvalue weighted by Crippen LogP contribution is 2.27. The molecule has 2 rings (SSSR count). The minimum absolute atomic E-state index is 0.117. The van der Waals surface area contributed by atoms with Crippen LogP contribution in [0.3, 0.4) is 0 Å². The van der Waals surface area contributed by atoms with Gasteiger partial charge in [-0.3, -0.25) is 4.79 Å². The van der Waals surface area contributed by atoms with Crippen LogP contribution in [0.4, 0.5) is 11.4 Å². The van der Waals surface area contributed by atoms with Crippen molar-refractivity contribution in [1.82, 2.24) is 0 Å². The Morgan fingerprint density at radius 2 is 2.00 bits per heavy atom. The van der Waals surface area contributed by atoms with Gasteiger partial charge in [0.2, 0.25) is 0 Å². The highest BCUT2D eigenvalue weighted by Gasteiger charge is 2.20. The van der Waals surface area contributed by atoms with E-state index in [1.54, 1.807) is 29.2 Å². The van der Waals surface area contributed by atoms with Crippen molar-refractivity contribution in [3.05, 3.63) is 57.5 Å². The standard InChI is InChI=1S/C15H14BrClN2O/c1-2-19(14-6-4-3-5-13(14)18)15(20)11-8-7-10(17)9-12(11)16/h3-9H,2,18H2,1H3. The number of nitrogen functional groups attached to an aromatic ring is 1. The summed E-state index contributed by atoms with van der Waals surface area (Å²) in [4.78, 5) is 14.3. The van der Waals surface area contributed by atoms with E-state index in [9.17, 15) is 4.79 Å². The molecule has 0 aliphatic heterocycles. The fraction of sp³-hybridized carbons (Fsp3) is 0.133. The number of carbonyl (C=O) groups excluding carboxylic acids is 1. The molecule has 3 nitrogen and oxygen atoms in total. The Kier molecular flexibility index (Phi) is 4.68. The van der Waals surface area contributed by atoms with Gasteiger partial charge in [-0.15, -0.1) is 0 Å². The minimum atomic E-state index is -0.117. The van der Waals surface area contributed by atoms with Gasteiger partial charge in [0.05, 0.1) is 16.9 Å². The fourth-order valence-corrected chi connectivity index (χ4v) is 2.82. The average molecular weight is 354 g/mol. The lowest BCUT2D eigenvalue weighted by Crippen LogP contribution is -2.31. The molecule has 0 spiro atoms. The first kappa shape index (κ1) is 14.9. The summed E-state index contributed by atoms with van der Waals surface area (Å²) in [7, 11) is 0. The lowest BCUT2D eigenvalue weighted by atomic mass is 10.1. The third-order valence-corrected chi connectivity index (χ3v) is 3.84. The van der Waals surface area contributed by atoms with E-state index in [2.05, 4.69) is 15.9 Å². The van der Waals surface area contributed by atoms with E-state index < -0.39 is 0 Å². The molecule has 0 radical (unpaired) electrons. The number of hydrogen-bond donors (Lipinski definition) is 1. The molecular formula is C15H14BrClN2O. The van der Waals surface area contributed by atoms with Crippen molar-refractivity contribution in [2.24, 2.45) is 0 Å². The smallest absolute Gasteiger partial charge is 0.259 e. The van der Waals surface area contributed by atoms with Crippen LogP contribution in [-0.2, 0) is 0 Å². The second kappa shape index (κ2) is 6.29. The molecule has 0 atom stereocenters. The first-order valence-corrected chi connectivity index (χ1v) is 7.33. The number of hydrogen-bond acceptors (Lipinski definition) is 2. The van der Waals surface area contributed by atoms with Crippen LogP contribution in [-0.4, -0.2) is 12.5 Å². The summed E-state index contributed by atoms with van der Waals surface area (Å²) >= 11 is 9.28. The van der Waals surface area contributed by atoms with Gasteiger partial charge < -0.3 is 10.6 Å². The number of benzene rings is 2. The Labute approximate surface area is 131 Å². The topological polar surface area (TPSA) is 46.3 Å². The Balaban J connectivity index is 2.42. The van der Waals surface area contributed by atoms with Crippen molar-refractivity contribution in [2.75, 3.05) is 17.2 Å². The Bertz CT molecular complexity index is 646. The number of carbonyl (C=O) groups is 1. The summed E-state index contributed by atoms with van der Waals surface area (Å²) in [5.74, 6) is -0.117. The van der Waals surface area contributed by atoms with Crippen LogP contribution in [0.5, 0.6) is 0 Å². The zero-order valence-electron chi connectivity index (χ0n) is 10.9. The number of rotatable bonds is 3. The molecule has 2 aromatic rings. The quantitative estimate of drug-likeness (QED) is 0.834. The molecule has 0 bridgehead atoms. The zero-order valence-corrected chi connectivity index (χ0v) is 13.3. The van der Waals surface area contributed by atoms with Gasteiger partial charge in [0.15, 0.2) is 0 Å². The summed E-state index contributed by atoms with van der Waals surface area (Å²) in [5, 5.41) is 0.579. The number of para-hydroxylation sites is 2. The summed E-state index contributed by atoms with van der Waals surface area (Å²) < 4.78 is 0.669. The first-order valence-electron chi connectivity index (χ1n) is 6.16. The minimum Gasteiger partial charge on any atom is -0.397 e. The molecule has 5 heteroatoms. The van der Waals surface area contributed by atoms with Gasteiger partial charge in [0, 0.05) is 16.0 Å². The Hall–Kier alpha value is -1.52. The molecule has 0 aromatic heterocycles. The van der Waals surface area contributed by atoms with Crippen LogP contribution in [0.1, 0.15) is 17.3 Å². The molecule has 1 amide bonds. The SMILES string of the molecule is CCN(C(=O)c1ccc(Cl)cc1Br)c1ccccc1N. The Morgan fingerprint density at radius 1 is 1.30 bits per heavy atom. The second-order valence-corrected chi connectivity index (χ2v) is 5.52. The van der Waals surface area contributed by atoms with E-state index in [0.717, 1.165) is 0 Å². The highest BCUT2D eigenvalue weighted by molar-refractivity contribution is 9.10. The summed E-state index contributed by atoms with van der Waals surface area (Å²) in [6.07, 6.45) is 0. The molecule has 2 N–H and O–H groups in total. The van der Waals surface area contributed by atoms with E-state index >= 15 is 0 Å². The maximum absolute atomic E-state index is 12.7. The number of halogens is 2. The van der Waals surface area contributed by atoms with Crippen molar-refractivity contribution < 1.29 is 4.79 Å². The normalized spacial score (nSPS) is 10.3. The van der Waals surface area contributed by atoms with Gasteiger partial charge in [-0.1, -0.05) is 23.7 Å². The summed E-state index contributed by atoms with van der Waals surface area (Å²) in [6.45, 7) is 2.44. The predicted molar refractivity (Wildman–Crippen MR) is 87.4 cm³/mol. The van der Waals surface area contributed by atoms with Crippen molar-refractivity contribution in [2.45, 2.75) is 6.92 Å². The van der Waals surface area contributed by atoms with E-state index in [-0.39, 0.29) is 5.91 Å². The zero-order chi connectivity index (χ0) is 14.7. The van der Waals surface area contributed by atoms with Gasteiger partial charge in [-0.05, 0) is 53.2 Å². The van der Waals surface area contributed by atoms with E-state index in [4.69, 9.17) is 17.3 Å².